The molecule has 2 N–H and O–H groups in total. The first-order valence-electron chi connectivity index (χ1n) is 9.61. The molecule has 0 radical (unpaired) electrons. The van der Waals surface area contributed by atoms with Gasteiger partial charge in [0, 0.05) is 19.1 Å². The number of carbonyl (C=O) groups excluding carboxylic acids is 1. The Hall–Kier alpha value is -2.34. The summed E-state index contributed by atoms with van der Waals surface area (Å²) in [5.41, 5.74) is 8.84. The van der Waals surface area contributed by atoms with E-state index in [1.807, 2.05) is 49.9 Å². The van der Waals surface area contributed by atoms with Crippen molar-refractivity contribution in [3.05, 3.63) is 46.8 Å². The molecule has 1 saturated heterocycles. The standard InChI is InChI=1S/C21H29N3O3/c1-14(22)18-5-4-10-24(12-18)21(25)11-17-6-8-19(9-7-17)26-13-20-15(2)23-27-16(20)3/h6-9,14,18H,4-5,10-13,22H2,1-3H3. The second-order valence-corrected chi connectivity index (χ2v) is 7.51. The van der Waals surface area contributed by atoms with Crippen LogP contribution in [0.1, 0.15) is 42.3 Å². The van der Waals surface area contributed by atoms with Crippen molar-refractivity contribution in [1.29, 1.82) is 0 Å². The molecule has 2 atom stereocenters. The number of aryl methyl sites for hydroxylation is 2. The van der Waals surface area contributed by atoms with Gasteiger partial charge in [-0.2, -0.15) is 0 Å². The number of benzene rings is 1. The first-order valence-corrected chi connectivity index (χ1v) is 9.61. The van der Waals surface area contributed by atoms with Crippen LogP contribution in [-0.2, 0) is 17.8 Å². The Morgan fingerprint density at radius 1 is 1.37 bits per heavy atom. The number of likely N-dealkylation sites (tertiary alicyclic amines) is 1. The van der Waals surface area contributed by atoms with Gasteiger partial charge in [0.2, 0.25) is 5.91 Å². The number of hydrogen-bond donors (Lipinski definition) is 1. The van der Waals surface area contributed by atoms with Crippen LogP contribution in [0.25, 0.3) is 0 Å². The van der Waals surface area contributed by atoms with Gasteiger partial charge in [0.05, 0.1) is 17.7 Å². The highest BCUT2D eigenvalue weighted by atomic mass is 16.5. The average molecular weight is 371 g/mol. The molecule has 6 nitrogen and oxygen atoms in total. The van der Waals surface area contributed by atoms with Crippen molar-refractivity contribution in [3.63, 3.8) is 0 Å². The van der Waals surface area contributed by atoms with Gasteiger partial charge in [0.15, 0.2) is 0 Å². The molecule has 1 aliphatic rings. The van der Waals surface area contributed by atoms with Gasteiger partial charge >= 0.3 is 0 Å². The van der Waals surface area contributed by atoms with Crippen molar-refractivity contribution >= 4 is 5.91 Å². The van der Waals surface area contributed by atoms with Crippen LogP contribution in [0, 0.1) is 19.8 Å². The fraction of sp³-hybridized carbons (Fsp3) is 0.524. The monoisotopic (exact) mass is 371 g/mol. The van der Waals surface area contributed by atoms with E-state index in [1.54, 1.807) is 0 Å². The molecule has 3 rings (SSSR count). The van der Waals surface area contributed by atoms with Gasteiger partial charge in [-0.15, -0.1) is 0 Å². The predicted molar refractivity (Wildman–Crippen MR) is 103 cm³/mol. The van der Waals surface area contributed by atoms with Crippen molar-refractivity contribution in [1.82, 2.24) is 10.1 Å². The van der Waals surface area contributed by atoms with E-state index in [1.165, 1.54) is 0 Å². The molecule has 0 spiro atoms. The number of amides is 1. The quantitative estimate of drug-likeness (QED) is 0.844. The lowest BCUT2D eigenvalue weighted by Gasteiger charge is -2.34. The Morgan fingerprint density at radius 2 is 2.11 bits per heavy atom. The molecule has 1 amide bonds. The predicted octanol–water partition coefficient (Wildman–Crippen LogP) is 3.00. The summed E-state index contributed by atoms with van der Waals surface area (Å²) >= 11 is 0. The van der Waals surface area contributed by atoms with Gasteiger partial charge in [-0.3, -0.25) is 4.79 Å². The van der Waals surface area contributed by atoms with Gasteiger partial charge in [0.25, 0.3) is 0 Å². The molecule has 1 aliphatic heterocycles. The number of carbonyl (C=O) groups is 1. The van der Waals surface area contributed by atoms with Crippen molar-refractivity contribution in [3.8, 4) is 5.75 Å². The maximum atomic E-state index is 12.6. The van der Waals surface area contributed by atoms with Crippen LogP contribution in [0.2, 0.25) is 0 Å². The number of ether oxygens (including phenoxy) is 1. The van der Waals surface area contributed by atoms with E-state index in [2.05, 4.69) is 5.16 Å². The van der Waals surface area contributed by atoms with Crippen molar-refractivity contribution < 1.29 is 14.1 Å². The van der Waals surface area contributed by atoms with Gasteiger partial charge in [-0.25, -0.2) is 0 Å². The second kappa shape index (κ2) is 8.57. The third kappa shape index (κ3) is 4.89. The molecule has 146 valence electrons. The number of nitrogens with zero attached hydrogens (tertiary/aromatic N) is 2. The summed E-state index contributed by atoms with van der Waals surface area (Å²) in [6.45, 7) is 7.84. The van der Waals surface area contributed by atoms with Crippen LogP contribution in [0.15, 0.2) is 28.8 Å². The molecule has 27 heavy (non-hydrogen) atoms. The Kier molecular flexibility index (Phi) is 6.16. The number of aromatic nitrogens is 1. The molecule has 2 heterocycles. The van der Waals surface area contributed by atoms with Gasteiger partial charge in [0.1, 0.15) is 18.1 Å². The van der Waals surface area contributed by atoms with E-state index in [4.69, 9.17) is 15.0 Å². The SMILES string of the molecule is Cc1noc(C)c1COc1ccc(CC(=O)N2CCCC(C(C)N)C2)cc1. The first-order chi connectivity index (χ1) is 12.9. The largest absolute Gasteiger partial charge is 0.489 e. The van der Waals surface area contributed by atoms with E-state index in [0.29, 0.717) is 18.9 Å². The van der Waals surface area contributed by atoms with Crippen molar-refractivity contribution in [2.24, 2.45) is 11.7 Å². The lowest BCUT2D eigenvalue weighted by molar-refractivity contribution is -0.132. The van der Waals surface area contributed by atoms with E-state index in [9.17, 15) is 4.79 Å². The van der Waals surface area contributed by atoms with Crippen LogP contribution in [0.3, 0.4) is 0 Å². The summed E-state index contributed by atoms with van der Waals surface area (Å²) in [4.78, 5) is 14.6. The zero-order valence-corrected chi connectivity index (χ0v) is 16.4. The Morgan fingerprint density at radius 3 is 2.74 bits per heavy atom. The van der Waals surface area contributed by atoms with Gasteiger partial charge in [-0.1, -0.05) is 17.3 Å². The Labute approximate surface area is 160 Å². The van der Waals surface area contributed by atoms with Crippen LogP contribution in [0.4, 0.5) is 0 Å². The lowest BCUT2D eigenvalue weighted by atomic mass is 9.92. The highest BCUT2D eigenvalue weighted by Crippen LogP contribution is 2.21. The number of nitrogens with two attached hydrogens (primary N) is 1. The van der Waals surface area contributed by atoms with Gasteiger partial charge in [-0.05, 0) is 57.2 Å². The molecular weight excluding hydrogens is 342 g/mol. The van der Waals surface area contributed by atoms with Crippen LogP contribution >= 0.6 is 0 Å². The number of hydrogen-bond acceptors (Lipinski definition) is 5. The normalized spacial score (nSPS) is 18.4. The average Bonchev–Trinajstić information content (AvgIpc) is 2.99. The summed E-state index contributed by atoms with van der Waals surface area (Å²) < 4.78 is 11.0. The summed E-state index contributed by atoms with van der Waals surface area (Å²) in [6, 6.07) is 7.85. The minimum Gasteiger partial charge on any atom is -0.489 e. The van der Waals surface area contributed by atoms with Crippen LogP contribution in [-0.4, -0.2) is 35.1 Å². The highest BCUT2D eigenvalue weighted by Gasteiger charge is 2.25. The van der Waals surface area contributed by atoms with E-state index in [-0.39, 0.29) is 11.9 Å². The van der Waals surface area contributed by atoms with Gasteiger partial charge < -0.3 is 19.9 Å². The van der Waals surface area contributed by atoms with E-state index in [0.717, 1.165) is 54.3 Å². The summed E-state index contributed by atoms with van der Waals surface area (Å²) in [7, 11) is 0. The molecule has 2 aromatic rings. The summed E-state index contributed by atoms with van der Waals surface area (Å²) in [5.74, 6) is 2.12. The van der Waals surface area contributed by atoms with E-state index >= 15 is 0 Å². The second-order valence-electron chi connectivity index (χ2n) is 7.51. The molecule has 0 saturated carbocycles. The topological polar surface area (TPSA) is 81.6 Å². The Balaban J connectivity index is 1.53. The maximum Gasteiger partial charge on any atom is 0.226 e. The van der Waals surface area contributed by atoms with Crippen molar-refractivity contribution in [2.45, 2.75) is 52.7 Å². The lowest BCUT2D eigenvalue weighted by Crippen LogP contribution is -2.45. The summed E-state index contributed by atoms with van der Waals surface area (Å²) in [6.07, 6.45) is 2.56. The zero-order chi connectivity index (χ0) is 19.4. The minimum atomic E-state index is 0.134. The zero-order valence-electron chi connectivity index (χ0n) is 16.4. The molecule has 0 bridgehead atoms. The first kappa shape index (κ1) is 19.4. The molecule has 1 fully saturated rings. The smallest absolute Gasteiger partial charge is 0.226 e. The molecule has 2 unspecified atom stereocenters. The molecule has 1 aromatic carbocycles. The van der Waals surface area contributed by atoms with Crippen LogP contribution < -0.4 is 10.5 Å². The van der Waals surface area contributed by atoms with E-state index < -0.39 is 0 Å². The maximum absolute atomic E-state index is 12.6. The molecular formula is C21H29N3O3. The van der Waals surface area contributed by atoms with Crippen molar-refractivity contribution in [2.75, 3.05) is 13.1 Å². The minimum absolute atomic E-state index is 0.134. The third-order valence-electron chi connectivity index (χ3n) is 5.40. The van der Waals surface area contributed by atoms with Crippen LogP contribution in [0.5, 0.6) is 5.75 Å². The molecule has 0 aliphatic carbocycles. The summed E-state index contributed by atoms with van der Waals surface area (Å²) in [5, 5.41) is 3.93. The Bertz CT molecular complexity index is 748. The number of piperidine rings is 1. The number of rotatable bonds is 6. The third-order valence-corrected chi connectivity index (χ3v) is 5.40. The fourth-order valence-corrected chi connectivity index (χ4v) is 3.52. The molecule has 1 aromatic heterocycles. The fourth-order valence-electron chi connectivity index (χ4n) is 3.52. The molecule has 6 heteroatoms. The highest BCUT2D eigenvalue weighted by molar-refractivity contribution is 5.79.